The molecule has 5 heteroatoms. The molecule has 0 saturated heterocycles. The summed E-state index contributed by atoms with van der Waals surface area (Å²) in [5.41, 5.74) is 0.955. The van der Waals surface area contributed by atoms with Crippen molar-refractivity contribution in [2.75, 3.05) is 0 Å². The van der Waals surface area contributed by atoms with Crippen LogP contribution >= 0.6 is 22.6 Å². The van der Waals surface area contributed by atoms with Crippen LogP contribution in [0.25, 0.3) is 0 Å². The third-order valence-corrected chi connectivity index (χ3v) is 7.22. The molecule has 1 aromatic heterocycles. The van der Waals surface area contributed by atoms with E-state index in [4.69, 9.17) is 0 Å². The summed E-state index contributed by atoms with van der Waals surface area (Å²) in [7, 11) is 0. The predicted molar refractivity (Wildman–Crippen MR) is 86.9 cm³/mol. The number of carboxylic acid groups (broad SMARTS) is 1. The molecule has 1 aromatic rings. The molecular formula is C16H21IN2O2. The molecule has 0 radical (unpaired) electrons. The van der Waals surface area contributed by atoms with Gasteiger partial charge in [-0.25, -0.2) is 0 Å². The lowest BCUT2D eigenvalue weighted by molar-refractivity contribution is -0.176. The fourth-order valence-electron chi connectivity index (χ4n) is 5.79. The van der Waals surface area contributed by atoms with E-state index in [-0.39, 0.29) is 5.41 Å². The van der Waals surface area contributed by atoms with E-state index >= 15 is 0 Å². The van der Waals surface area contributed by atoms with Crippen molar-refractivity contribution < 1.29 is 9.90 Å². The first kappa shape index (κ1) is 14.0. The second-order valence-corrected chi connectivity index (χ2v) is 8.94. The van der Waals surface area contributed by atoms with Gasteiger partial charge in [0.05, 0.1) is 15.2 Å². The van der Waals surface area contributed by atoms with Crippen LogP contribution in [-0.2, 0) is 11.3 Å². The van der Waals surface area contributed by atoms with Crippen LogP contribution in [0, 0.1) is 33.2 Å². The third-order valence-electron chi connectivity index (χ3n) is 6.16. The standard InChI is InChI=1S/C16H21IN2O2/c1-10-13(17)7-18-19(10)9-15-3-11-2-12(4-15)6-16(5-11,8-15)14(20)21/h7,11-12H,2-6,8-9H2,1H3,(H,20,21)/t11-,12+,15+,16-. The van der Waals surface area contributed by atoms with E-state index in [0.717, 1.165) is 25.8 Å². The zero-order valence-electron chi connectivity index (χ0n) is 12.3. The van der Waals surface area contributed by atoms with Gasteiger partial charge in [0.1, 0.15) is 0 Å². The summed E-state index contributed by atoms with van der Waals surface area (Å²) in [5, 5.41) is 14.3. The lowest BCUT2D eigenvalue weighted by Gasteiger charge is -2.60. The second-order valence-electron chi connectivity index (χ2n) is 7.78. The summed E-state index contributed by atoms with van der Waals surface area (Å²) in [6.45, 7) is 3.02. The fourth-order valence-corrected chi connectivity index (χ4v) is 6.19. The summed E-state index contributed by atoms with van der Waals surface area (Å²) in [6, 6.07) is 0. The number of carboxylic acids is 1. The zero-order valence-corrected chi connectivity index (χ0v) is 14.5. The van der Waals surface area contributed by atoms with Crippen LogP contribution in [0.3, 0.4) is 0 Å². The second kappa shape index (κ2) is 4.46. The van der Waals surface area contributed by atoms with Gasteiger partial charge in [0.15, 0.2) is 0 Å². The van der Waals surface area contributed by atoms with Crippen molar-refractivity contribution >= 4 is 28.6 Å². The van der Waals surface area contributed by atoms with Crippen LogP contribution in [-0.4, -0.2) is 20.9 Å². The molecule has 4 saturated carbocycles. The van der Waals surface area contributed by atoms with E-state index in [0.29, 0.717) is 11.8 Å². The Balaban J connectivity index is 1.68. The zero-order chi connectivity index (χ0) is 14.8. The Morgan fingerprint density at radius 1 is 1.43 bits per heavy atom. The van der Waals surface area contributed by atoms with Gasteiger partial charge in [-0.2, -0.15) is 5.10 Å². The van der Waals surface area contributed by atoms with Crippen molar-refractivity contribution in [3.05, 3.63) is 15.5 Å². The quantitative estimate of drug-likeness (QED) is 0.791. The minimum atomic E-state index is -0.548. The minimum absolute atomic E-state index is 0.169. The topological polar surface area (TPSA) is 55.1 Å². The van der Waals surface area contributed by atoms with Gasteiger partial charge >= 0.3 is 5.97 Å². The maximum Gasteiger partial charge on any atom is 0.309 e. The summed E-state index contributed by atoms with van der Waals surface area (Å²) in [6.07, 6.45) is 8.27. The van der Waals surface area contributed by atoms with Crippen LogP contribution in [0.1, 0.15) is 44.2 Å². The van der Waals surface area contributed by atoms with E-state index in [1.807, 2.05) is 6.20 Å². The number of rotatable bonds is 3. The summed E-state index contributed by atoms with van der Waals surface area (Å²) >= 11 is 2.32. The Hall–Kier alpha value is -0.590. The summed E-state index contributed by atoms with van der Waals surface area (Å²) < 4.78 is 3.31. The molecular weight excluding hydrogens is 379 g/mol. The maximum atomic E-state index is 11.9. The highest BCUT2D eigenvalue weighted by Crippen LogP contribution is 2.65. The molecule has 0 aliphatic heterocycles. The first-order valence-electron chi connectivity index (χ1n) is 7.83. The highest BCUT2D eigenvalue weighted by atomic mass is 127. The lowest BCUT2D eigenvalue weighted by atomic mass is 9.44. The summed E-state index contributed by atoms with van der Waals surface area (Å²) in [4.78, 5) is 11.9. The van der Waals surface area contributed by atoms with Crippen LogP contribution in [0.4, 0.5) is 0 Å². The molecule has 0 unspecified atom stereocenters. The Kier molecular flexibility index (Phi) is 2.98. The van der Waals surface area contributed by atoms with Gasteiger partial charge in [-0.1, -0.05) is 0 Å². The number of aromatic nitrogens is 2. The number of carbonyl (C=O) groups is 1. The van der Waals surface area contributed by atoms with Crippen LogP contribution in [0.5, 0.6) is 0 Å². The molecule has 5 rings (SSSR count). The van der Waals surface area contributed by atoms with Crippen molar-refractivity contribution in [1.82, 2.24) is 9.78 Å². The van der Waals surface area contributed by atoms with Crippen molar-refractivity contribution in [2.45, 2.75) is 52.0 Å². The number of halogens is 1. The Morgan fingerprint density at radius 3 is 2.62 bits per heavy atom. The minimum Gasteiger partial charge on any atom is -0.481 e. The first-order chi connectivity index (χ1) is 9.91. The molecule has 4 bridgehead atoms. The molecule has 114 valence electrons. The van der Waals surface area contributed by atoms with Crippen LogP contribution in [0.15, 0.2) is 6.20 Å². The Labute approximate surface area is 138 Å². The Morgan fingerprint density at radius 2 is 2.10 bits per heavy atom. The monoisotopic (exact) mass is 400 g/mol. The highest BCUT2D eigenvalue weighted by molar-refractivity contribution is 14.1. The molecule has 0 amide bonds. The highest BCUT2D eigenvalue weighted by Gasteiger charge is 2.60. The first-order valence-corrected chi connectivity index (χ1v) is 8.91. The summed E-state index contributed by atoms with van der Waals surface area (Å²) in [5.74, 6) is 0.697. The molecule has 0 aromatic carbocycles. The van der Waals surface area contributed by atoms with Gasteiger partial charge in [0.2, 0.25) is 0 Å². The van der Waals surface area contributed by atoms with Crippen LogP contribution < -0.4 is 0 Å². The SMILES string of the molecule is Cc1c(I)cnn1C[C@@]12C[C@H]3C[C@@H](C1)C[C@](C(=O)O)(C3)C2. The van der Waals surface area contributed by atoms with Gasteiger partial charge in [0.25, 0.3) is 0 Å². The molecule has 4 aliphatic carbocycles. The van der Waals surface area contributed by atoms with Crippen molar-refractivity contribution in [1.29, 1.82) is 0 Å². The smallest absolute Gasteiger partial charge is 0.309 e. The van der Waals surface area contributed by atoms with Crippen molar-refractivity contribution in [2.24, 2.45) is 22.7 Å². The molecule has 4 atom stereocenters. The van der Waals surface area contributed by atoms with E-state index in [1.54, 1.807) is 0 Å². The molecule has 1 N–H and O–H groups in total. The maximum absolute atomic E-state index is 11.9. The van der Waals surface area contributed by atoms with E-state index in [9.17, 15) is 9.90 Å². The average Bonchev–Trinajstić information content (AvgIpc) is 2.68. The van der Waals surface area contributed by atoms with E-state index < -0.39 is 11.4 Å². The largest absolute Gasteiger partial charge is 0.481 e. The number of hydrogen-bond donors (Lipinski definition) is 1. The molecule has 1 heterocycles. The van der Waals surface area contributed by atoms with E-state index in [1.165, 1.54) is 28.5 Å². The molecule has 0 spiro atoms. The average molecular weight is 400 g/mol. The Bertz CT molecular complexity index is 595. The van der Waals surface area contributed by atoms with Gasteiger partial charge < -0.3 is 5.11 Å². The molecule has 4 nitrogen and oxygen atoms in total. The molecule has 4 fully saturated rings. The number of nitrogens with zero attached hydrogens (tertiary/aromatic N) is 2. The number of aliphatic carboxylic acids is 1. The van der Waals surface area contributed by atoms with Gasteiger partial charge in [-0.3, -0.25) is 9.48 Å². The van der Waals surface area contributed by atoms with Crippen molar-refractivity contribution in [3.8, 4) is 0 Å². The van der Waals surface area contributed by atoms with Crippen LogP contribution in [0.2, 0.25) is 0 Å². The fraction of sp³-hybridized carbons (Fsp3) is 0.750. The van der Waals surface area contributed by atoms with Crippen molar-refractivity contribution in [3.63, 3.8) is 0 Å². The molecule has 21 heavy (non-hydrogen) atoms. The normalized spacial score (nSPS) is 40.7. The predicted octanol–water partition coefficient (Wildman–Crippen LogP) is 3.47. The van der Waals surface area contributed by atoms with E-state index in [2.05, 4.69) is 39.3 Å². The number of hydrogen-bond acceptors (Lipinski definition) is 2. The lowest BCUT2D eigenvalue weighted by Crippen LogP contribution is -2.56. The third kappa shape index (κ3) is 2.06. The van der Waals surface area contributed by atoms with Gasteiger partial charge in [-0.15, -0.1) is 0 Å². The van der Waals surface area contributed by atoms with Gasteiger partial charge in [0, 0.05) is 12.2 Å². The molecule has 4 aliphatic rings. The van der Waals surface area contributed by atoms with Gasteiger partial charge in [-0.05, 0) is 85.3 Å².